The van der Waals surface area contributed by atoms with Crippen LogP contribution in [-0.2, 0) is 19.1 Å². The zero-order chi connectivity index (χ0) is 16.8. The molecule has 1 aliphatic carbocycles. The van der Waals surface area contributed by atoms with Gasteiger partial charge in [-0.2, -0.15) is 13.2 Å². The molecule has 1 rings (SSSR count). The summed E-state index contributed by atoms with van der Waals surface area (Å²) in [4.78, 5) is 34.5. The Morgan fingerprint density at radius 2 is 1.64 bits per heavy atom. The van der Waals surface area contributed by atoms with Crippen LogP contribution in [0.4, 0.5) is 13.2 Å². The SMILES string of the molecule is COC(=O)C1CCC(C(=O)NCC(=O)CCC(F)(F)F)CC1. The molecule has 0 radical (unpaired) electrons. The fourth-order valence-corrected chi connectivity index (χ4v) is 2.46. The number of halogens is 3. The molecule has 1 N–H and O–H groups in total. The summed E-state index contributed by atoms with van der Waals surface area (Å²) in [5, 5.41) is 2.37. The Bertz CT molecular complexity index is 415. The predicted octanol–water partition coefficient (Wildman–Crippen LogP) is 1.99. The van der Waals surface area contributed by atoms with Crippen LogP contribution in [0.3, 0.4) is 0 Å². The lowest BCUT2D eigenvalue weighted by Gasteiger charge is -2.25. The quantitative estimate of drug-likeness (QED) is 0.759. The van der Waals surface area contributed by atoms with Crippen molar-refractivity contribution in [3.8, 4) is 0 Å². The van der Waals surface area contributed by atoms with Gasteiger partial charge in [0, 0.05) is 12.3 Å². The summed E-state index contributed by atoms with van der Waals surface area (Å²) < 4.78 is 40.5. The molecule has 126 valence electrons. The molecule has 1 fully saturated rings. The molecule has 5 nitrogen and oxygen atoms in total. The van der Waals surface area contributed by atoms with Crippen molar-refractivity contribution in [2.45, 2.75) is 44.7 Å². The van der Waals surface area contributed by atoms with Crippen molar-refractivity contribution < 1.29 is 32.3 Å². The van der Waals surface area contributed by atoms with Crippen LogP contribution in [0, 0.1) is 11.8 Å². The third kappa shape index (κ3) is 6.44. The highest BCUT2D eigenvalue weighted by Gasteiger charge is 2.31. The van der Waals surface area contributed by atoms with E-state index in [4.69, 9.17) is 0 Å². The Labute approximate surface area is 126 Å². The summed E-state index contributed by atoms with van der Waals surface area (Å²) in [5.74, 6) is -1.79. The molecule has 1 aliphatic rings. The number of alkyl halides is 3. The molecule has 0 atom stereocenters. The van der Waals surface area contributed by atoms with Crippen LogP contribution in [0.15, 0.2) is 0 Å². The average molecular weight is 323 g/mol. The Hall–Kier alpha value is -1.60. The fourth-order valence-electron chi connectivity index (χ4n) is 2.46. The number of ether oxygens (including phenoxy) is 1. The third-order valence-electron chi connectivity index (χ3n) is 3.78. The molecule has 0 unspecified atom stereocenters. The highest BCUT2D eigenvalue weighted by atomic mass is 19.4. The van der Waals surface area contributed by atoms with Crippen LogP contribution in [-0.4, -0.2) is 37.5 Å². The number of hydrogen-bond acceptors (Lipinski definition) is 4. The number of nitrogens with one attached hydrogen (secondary N) is 1. The van der Waals surface area contributed by atoms with E-state index in [1.165, 1.54) is 7.11 Å². The largest absolute Gasteiger partial charge is 0.469 e. The number of Topliss-reactive ketones (excluding diaryl/α,β-unsaturated/α-hetero) is 1. The Morgan fingerprint density at radius 1 is 1.09 bits per heavy atom. The Balaban J connectivity index is 2.26. The maximum atomic E-state index is 12.0. The summed E-state index contributed by atoms with van der Waals surface area (Å²) in [6, 6.07) is 0. The van der Waals surface area contributed by atoms with Crippen molar-refractivity contribution >= 4 is 17.7 Å². The lowest BCUT2D eigenvalue weighted by molar-refractivity contribution is -0.147. The number of hydrogen-bond donors (Lipinski definition) is 1. The topological polar surface area (TPSA) is 72.5 Å². The number of carbonyl (C=O) groups is 3. The van der Waals surface area contributed by atoms with Gasteiger partial charge in [-0.25, -0.2) is 0 Å². The van der Waals surface area contributed by atoms with Crippen molar-refractivity contribution in [3.63, 3.8) is 0 Å². The number of carbonyl (C=O) groups excluding carboxylic acids is 3. The lowest BCUT2D eigenvalue weighted by Crippen LogP contribution is -2.37. The summed E-state index contributed by atoms with van der Waals surface area (Å²) in [6.07, 6.45) is -4.10. The van der Waals surface area contributed by atoms with Crippen molar-refractivity contribution in [1.29, 1.82) is 0 Å². The first-order chi connectivity index (χ1) is 10.2. The van der Waals surface area contributed by atoms with E-state index in [0.29, 0.717) is 25.7 Å². The molecule has 1 amide bonds. The van der Waals surface area contributed by atoms with Gasteiger partial charge in [0.05, 0.1) is 26.0 Å². The molecule has 0 aliphatic heterocycles. The van der Waals surface area contributed by atoms with Gasteiger partial charge in [0.2, 0.25) is 5.91 Å². The molecule has 0 aromatic carbocycles. The molecule has 0 bridgehead atoms. The Kier molecular flexibility index (Phi) is 6.83. The number of ketones is 1. The molecule has 0 aromatic heterocycles. The van der Waals surface area contributed by atoms with Gasteiger partial charge in [0.15, 0.2) is 5.78 Å². The molecule has 0 aromatic rings. The maximum Gasteiger partial charge on any atom is 0.389 e. The van der Waals surface area contributed by atoms with Crippen LogP contribution in [0.25, 0.3) is 0 Å². The van der Waals surface area contributed by atoms with Crippen molar-refractivity contribution in [3.05, 3.63) is 0 Å². The van der Waals surface area contributed by atoms with Crippen LogP contribution in [0.2, 0.25) is 0 Å². The van der Waals surface area contributed by atoms with E-state index < -0.39 is 24.8 Å². The fraction of sp³-hybridized carbons (Fsp3) is 0.786. The second-order valence-electron chi connectivity index (χ2n) is 5.44. The first-order valence-corrected chi connectivity index (χ1v) is 7.17. The van der Waals surface area contributed by atoms with Crippen LogP contribution < -0.4 is 5.32 Å². The zero-order valence-corrected chi connectivity index (χ0v) is 12.4. The van der Waals surface area contributed by atoms with Gasteiger partial charge in [-0.1, -0.05) is 0 Å². The second kappa shape index (κ2) is 8.14. The van der Waals surface area contributed by atoms with E-state index in [1.54, 1.807) is 0 Å². The number of esters is 1. The highest BCUT2D eigenvalue weighted by Crippen LogP contribution is 2.29. The van der Waals surface area contributed by atoms with Gasteiger partial charge in [-0.3, -0.25) is 14.4 Å². The summed E-state index contributed by atoms with van der Waals surface area (Å²) in [5.41, 5.74) is 0. The van der Waals surface area contributed by atoms with Gasteiger partial charge in [0.1, 0.15) is 0 Å². The molecule has 8 heteroatoms. The molecule has 22 heavy (non-hydrogen) atoms. The van der Waals surface area contributed by atoms with E-state index >= 15 is 0 Å². The molecular weight excluding hydrogens is 303 g/mol. The van der Waals surface area contributed by atoms with Crippen LogP contribution in [0.1, 0.15) is 38.5 Å². The van der Waals surface area contributed by atoms with Crippen LogP contribution in [0.5, 0.6) is 0 Å². The average Bonchev–Trinajstić information content (AvgIpc) is 2.49. The standard InChI is InChI=1S/C14H20F3NO4/c1-22-13(21)10-4-2-9(3-5-10)12(20)18-8-11(19)6-7-14(15,16)17/h9-10H,2-8H2,1H3,(H,18,20). The van der Waals surface area contributed by atoms with E-state index in [0.717, 1.165) is 0 Å². The van der Waals surface area contributed by atoms with Gasteiger partial charge >= 0.3 is 12.1 Å². The van der Waals surface area contributed by atoms with E-state index in [9.17, 15) is 27.6 Å². The normalized spacial score (nSPS) is 22.0. The lowest BCUT2D eigenvalue weighted by atomic mass is 9.81. The maximum absolute atomic E-state index is 12.0. The summed E-state index contributed by atoms with van der Waals surface area (Å²) in [7, 11) is 1.31. The van der Waals surface area contributed by atoms with E-state index in [1.807, 2.05) is 0 Å². The zero-order valence-electron chi connectivity index (χ0n) is 12.4. The number of rotatable bonds is 6. The minimum absolute atomic E-state index is 0.206. The van der Waals surface area contributed by atoms with Gasteiger partial charge in [-0.15, -0.1) is 0 Å². The Morgan fingerprint density at radius 3 is 2.14 bits per heavy atom. The van der Waals surface area contributed by atoms with Gasteiger partial charge in [-0.05, 0) is 25.7 Å². The van der Waals surface area contributed by atoms with Crippen molar-refractivity contribution in [1.82, 2.24) is 5.32 Å². The number of amides is 1. The van der Waals surface area contributed by atoms with E-state index in [-0.39, 0.29) is 30.3 Å². The van der Waals surface area contributed by atoms with Gasteiger partial charge < -0.3 is 10.1 Å². The number of methoxy groups -OCH3 is 1. The minimum Gasteiger partial charge on any atom is -0.469 e. The monoisotopic (exact) mass is 323 g/mol. The third-order valence-corrected chi connectivity index (χ3v) is 3.78. The molecular formula is C14H20F3NO4. The van der Waals surface area contributed by atoms with E-state index in [2.05, 4.69) is 10.1 Å². The van der Waals surface area contributed by atoms with Crippen molar-refractivity contribution in [2.24, 2.45) is 11.8 Å². The highest BCUT2D eigenvalue weighted by molar-refractivity contribution is 5.87. The van der Waals surface area contributed by atoms with Gasteiger partial charge in [0.25, 0.3) is 0 Å². The second-order valence-corrected chi connectivity index (χ2v) is 5.44. The summed E-state index contributed by atoms with van der Waals surface area (Å²) >= 11 is 0. The van der Waals surface area contributed by atoms with Crippen LogP contribution >= 0.6 is 0 Å². The minimum atomic E-state index is -4.37. The molecule has 0 saturated heterocycles. The summed E-state index contributed by atoms with van der Waals surface area (Å²) in [6.45, 7) is -0.383. The first-order valence-electron chi connectivity index (χ1n) is 7.17. The molecule has 0 spiro atoms. The van der Waals surface area contributed by atoms with Crippen molar-refractivity contribution in [2.75, 3.05) is 13.7 Å². The smallest absolute Gasteiger partial charge is 0.389 e. The molecule has 1 saturated carbocycles. The predicted molar refractivity (Wildman–Crippen MR) is 70.8 cm³/mol. The first kappa shape index (κ1) is 18.4. The molecule has 0 heterocycles.